The lowest BCUT2D eigenvalue weighted by molar-refractivity contribution is 0.246. The van der Waals surface area contributed by atoms with Crippen LogP contribution in [0.3, 0.4) is 0 Å². The van der Waals surface area contributed by atoms with Crippen molar-refractivity contribution >= 4 is 0 Å². The molecule has 0 amide bonds. The van der Waals surface area contributed by atoms with Crippen LogP contribution in [0.5, 0.6) is 0 Å². The van der Waals surface area contributed by atoms with E-state index in [9.17, 15) is 0 Å². The van der Waals surface area contributed by atoms with Crippen LogP contribution in [-0.4, -0.2) is 6.54 Å². The van der Waals surface area contributed by atoms with Crippen molar-refractivity contribution in [1.82, 2.24) is 0 Å². The summed E-state index contributed by atoms with van der Waals surface area (Å²) in [7, 11) is 0. The second kappa shape index (κ2) is 5.89. The second-order valence-electron chi connectivity index (χ2n) is 5.77. The maximum absolute atomic E-state index is 5.70. The van der Waals surface area contributed by atoms with Crippen molar-refractivity contribution in [2.24, 2.45) is 23.5 Å². The van der Waals surface area contributed by atoms with Crippen LogP contribution in [0.1, 0.15) is 64.2 Å². The van der Waals surface area contributed by atoms with Gasteiger partial charge in [-0.1, -0.05) is 51.4 Å². The van der Waals surface area contributed by atoms with Gasteiger partial charge in [0.1, 0.15) is 0 Å². The van der Waals surface area contributed by atoms with E-state index in [1.54, 1.807) is 0 Å². The molecular formula is C14H27N. The molecular weight excluding hydrogens is 182 g/mol. The zero-order chi connectivity index (χ0) is 10.5. The van der Waals surface area contributed by atoms with E-state index >= 15 is 0 Å². The Labute approximate surface area is 94.8 Å². The predicted octanol–water partition coefficient (Wildman–Crippen LogP) is 3.72. The molecule has 2 saturated carbocycles. The average Bonchev–Trinajstić information content (AvgIpc) is 2.68. The molecule has 2 aliphatic rings. The summed E-state index contributed by atoms with van der Waals surface area (Å²) in [5, 5.41) is 0. The van der Waals surface area contributed by atoms with Gasteiger partial charge in [0, 0.05) is 0 Å². The Balaban J connectivity index is 1.76. The van der Waals surface area contributed by atoms with Crippen molar-refractivity contribution in [2.75, 3.05) is 6.54 Å². The van der Waals surface area contributed by atoms with Crippen LogP contribution in [0.15, 0.2) is 0 Å². The minimum Gasteiger partial charge on any atom is -0.330 e. The van der Waals surface area contributed by atoms with Crippen molar-refractivity contribution < 1.29 is 0 Å². The highest BCUT2D eigenvalue weighted by molar-refractivity contribution is 4.80. The van der Waals surface area contributed by atoms with Crippen molar-refractivity contribution in [2.45, 2.75) is 64.2 Å². The minimum atomic E-state index is 0.909. The van der Waals surface area contributed by atoms with E-state index in [0.717, 1.165) is 24.3 Å². The standard InChI is InChI=1S/C14H27N/c15-10-9-13-7-4-8-14(13)11-12-5-2-1-3-6-12/h12-14H,1-11,15H2. The molecule has 0 aromatic rings. The molecule has 88 valence electrons. The van der Waals surface area contributed by atoms with Gasteiger partial charge in [-0.25, -0.2) is 0 Å². The molecule has 1 nitrogen and oxygen atoms in total. The van der Waals surface area contributed by atoms with Gasteiger partial charge in [-0.2, -0.15) is 0 Å². The summed E-state index contributed by atoms with van der Waals surface area (Å²) < 4.78 is 0. The van der Waals surface area contributed by atoms with Crippen LogP contribution in [0.2, 0.25) is 0 Å². The van der Waals surface area contributed by atoms with E-state index < -0.39 is 0 Å². The Hall–Kier alpha value is -0.0400. The van der Waals surface area contributed by atoms with Gasteiger partial charge in [0.05, 0.1) is 0 Å². The monoisotopic (exact) mass is 209 g/mol. The molecule has 0 radical (unpaired) electrons. The van der Waals surface area contributed by atoms with Crippen molar-refractivity contribution in [3.63, 3.8) is 0 Å². The van der Waals surface area contributed by atoms with Crippen molar-refractivity contribution in [3.05, 3.63) is 0 Å². The number of hydrogen-bond acceptors (Lipinski definition) is 1. The molecule has 1 heteroatoms. The van der Waals surface area contributed by atoms with E-state index in [4.69, 9.17) is 5.73 Å². The first-order valence-electron chi connectivity index (χ1n) is 7.10. The third kappa shape index (κ3) is 3.21. The molecule has 0 bridgehead atoms. The Morgan fingerprint density at radius 3 is 2.27 bits per heavy atom. The predicted molar refractivity (Wildman–Crippen MR) is 65.7 cm³/mol. The van der Waals surface area contributed by atoms with Crippen LogP contribution >= 0.6 is 0 Å². The Bertz CT molecular complexity index is 172. The highest BCUT2D eigenvalue weighted by Crippen LogP contribution is 2.40. The summed E-state index contributed by atoms with van der Waals surface area (Å²) in [6.45, 7) is 0.909. The maximum Gasteiger partial charge on any atom is -0.00745 e. The molecule has 0 aliphatic heterocycles. The first-order chi connectivity index (χ1) is 7.40. The lowest BCUT2D eigenvalue weighted by Crippen LogP contribution is -2.18. The SMILES string of the molecule is NCCC1CCCC1CC1CCCCC1. The van der Waals surface area contributed by atoms with Crippen LogP contribution in [-0.2, 0) is 0 Å². The average molecular weight is 209 g/mol. The fourth-order valence-electron chi connectivity index (χ4n) is 3.87. The number of hydrogen-bond donors (Lipinski definition) is 1. The van der Waals surface area contributed by atoms with E-state index in [1.165, 1.54) is 64.2 Å². The first kappa shape index (κ1) is 11.4. The summed E-state index contributed by atoms with van der Waals surface area (Å²) in [5.41, 5.74) is 5.70. The van der Waals surface area contributed by atoms with Crippen LogP contribution in [0.25, 0.3) is 0 Å². The maximum atomic E-state index is 5.70. The van der Waals surface area contributed by atoms with Crippen molar-refractivity contribution in [1.29, 1.82) is 0 Å². The Kier molecular flexibility index (Phi) is 4.49. The normalized spacial score (nSPS) is 33.4. The zero-order valence-corrected chi connectivity index (χ0v) is 10.1. The Morgan fingerprint density at radius 2 is 1.53 bits per heavy atom. The van der Waals surface area contributed by atoms with Gasteiger partial charge in [-0.05, 0) is 37.1 Å². The van der Waals surface area contributed by atoms with Gasteiger partial charge < -0.3 is 5.73 Å². The lowest BCUT2D eigenvalue weighted by Gasteiger charge is -2.27. The van der Waals surface area contributed by atoms with Crippen LogP contribution in [0.4, 0.5) is 0 Å². The zero-order valence-electron chi connectivity index (χ0n) is 10.1. The molecule has 2 N–H and O–H groups in total. The third-order valence-corrected chi connectivity index (χ3v) is 4.71. The fourth-order valence-corrected chi connectivity index (χ4v) is 3.87. The summed E-state index contributed by atoms with van der Waals surface area (Å²) >= 11 is 0. The first-order valence-corrected chi connectivity index (χ1v) is 7.10. The molecule has 0 aromatic heterocycles. The Morgan fingerprint density at radius 1 is 0.800 bits per heavy atom. The highest BCUT2D eigenvalue weighted by Gasteiger charge is 2.29. The van der Waals surface area contributed by atoms with E-state index in [-0.39, 0.29) is 0 Å². The largest absolute Gasteiger partial charge is 0.330 e. The van der Waals surface area contributed by atoms with Crippen LogP contribution in [0, 0.1) is 17.8 Å². The van der Waals surface area contributed by atoms with Crippen LogP contribution < -0.4 is 5.73 Å². The summed E-state index contributed by atoms with van der Waals surface area (Å²) in [5.74, 6) is 3.09. The van der Waals surface area contributed by atoms with E-state index in [1.807, 2.05) is 0 Å². The van der Waals surface area contributed by atoms with Crippen molar-refractivity contribution in [3.8, 4) is 0 Å². The van der Waals surface area contributed by atoms with Gasteiger partial charge in [-0.3, -0.25) is 0 Å². The highest BCUT2D eigenvalue weighted by atomic mass is 14.5. The molecule has 0 heterocycles. The molecule has 0 spiro atoms. The molecule has 0 saturated heterocycles. The molecule has 0 aromatic carbocycles. The topological polar surface area (TPSA) is 26.0 Å². The smallest absolute Gasteiger partial charge is 0.00745 e. The molecule has 2 rings (SSSR count). The van der Waals surface area contributed by atoms with Gasteiger partial charge in [0.2, 0.25) is 0 Å². The van der Waals surface area contributed by atoms with Gasteiger partial charge in [0.25, 0.3) is 0 Å². The molecule has 2 aliphatic carbocycles. The van der Waals surface area contributed by atoms with E-state index in [0.29, 0.717) is 0 Å². The summed E-state index contributed by atoms with van der Waals surface area (Å²) in [6, 6.07) is 0. The number of rotatable bonds is 4. The fraction of sp³-hybridized carbons (Fsp3) is 1.00. The van der Waals surface area contributed by atoms with Gasteiger partial charge in [0.15, 0.2) is 0 Å². The molecule has 15 heavy (non-hydrogen) atoms. The second-order valence-corrected chi connectivity index (χ2v) is 5.77. The lowest BCUT2D eigenvalue weighted by atomic mass is 9.79. The van der Waals surface area contributed by atoms with Gasteiger partial charge in [-0.15, -0.1) is 0 Å². The summed E-state index contributed by atoms with van der Waals surface area (Å²) in [4.78, 5) is 0. The summed E-state index contributed by atoms with van der Waals surface area (Å²) in [6.07, 6.45) is 14.8. The third-order valence-electron chi connectivity index (χ3n) is 4.71. The number of nitrogens with two attached hydrogens (primary N) is 1. The van der Waals surface area contributed by atoms with Gasteiger partial charge >= 0.3 is 0 Å². The minimum absolute atomic E-state index is 0.909. The van der Waals surface area contributed by atoms with E-state index in [2.05, 4.69) is 0 Å². The molecule has 2 fully saturated rings. The molecule has 2 atom stereocenters. The molecule has 2 unspecified atom stereocenters. The quantitative estimate of drug-likeness (QED) is 0.750.